The van der Waals surface area contributed by atoms with E-state index in [4.69, 9.17) is 27.9 Å². The molecule has 0 saturated carbocycles. The first kappa shape index (κ1) is 24.9. The highest BCUT2D eigenvalue weighted by Gasteiger charge is 2.35. The summed E-state index contributed by atoms with van der Waals surface area (Å²) in [7, 11) is 0. The van der Waals surface area contributed by atoms with Gasteiger partial charge in [0.25, 0.3) is 0 Å². The second-order valence-electron chi connectivity index (χ2n) is 7.94. The van der Waals surface area contributed by atoms with Gasteiger partial charge >= 0.3 is 5.97 Å². The molecular weight excluding hydrogens is 499 g/mol. The molecule has 3 aromatic carbocycles. The first-order valence-corrected chi connectivity index (χ1v) is 12.7. The summed E-state index contributed by atoms with van der Waals surface area (Å²) in [5, 5.41) is 15.4. The average Bonchev–Trinajstić information content (AvgIpc) is 2.87. The van der Waals surface area contributed by atoms with Crippen LogP contribution in [0.25, 0.3) is 0 Å². The van der Waals surface area contributed by atoms with E-state index in [-0.39, 0.29) is 6.61 Å². The number of halogens is 2. The van der Waals surface area contributed by atoms with Gasteiger partial charge in [0.2, 0.25) is 0 Å². The fourth-order valence-corrected chi connectivity index (χ4v) is 5.36. The Balaban J connectivity index is 1.67. The topological polar surface area (TPSA) is 62.1 Å². The molecule has 0 saturated heterocycles. The Labute approximate surface area is 219 Å². The van der Waals surface area contributed by atoms with Crippen LogP contribution in [0.15, 0.2) is 101 Å². The number of benzene rings is 3. The number of thioether (sulfide) groups is 1. The summed E-state index contributed by atoms with van der Waals surface area (Å²) in [6.45, 7) is 1.97. The van der Waals surface area contributed by atoms with Gasteiger partial charge in [0.1, 0.15) is 6.61 Å². The number of esters is 1. The van der Waals surface area contributed by atoms with E-state index in [1.54, 1.807) is 12.1 Å². The van der Waals surface area contributed by atoms with Gasteiger partial charge in [0, 0.05) is 21.5 Å². The highest BCUT2D eigenvalue weighted by Crippen LogP contribution is 2.42. The second-order valence-corrected chi connectivity index (χ2v) is 9.77. The molecule has 1 aliphatic heterocycles. The summed E-state index contributed by atoms with van der Waals surface area (Å²) in [6, 6.07) is 26.6. The van der Waals surface area contributed by atoms with E-state index < -0.39 is 11.9 Å². The van der Waals surface area contributed by atoms with Crippen molar-refractivity contribution >= 4 is 40.9 Å². The number of nitrogens with zero attached hydrogens (tertiary/aromatic N) is 1. The number of dihydropyridines is 1. The van der Waals surface area contributed by atoms with Crippen LogP contribution in [0.2, 0.25) is 10.0 Å². The van der Waals surface area contributed by atoms with E-state index in [0.29, 0.717) is 37.7 Å². The van der Waals surface area contributed by atoms with Crippen LogP contribution >= 0.6 is 35.0 Å². The van der Waals surface area contributed by atoms with E-state index in [0.717, 1.165) is 16.7 Å². The fraction of sp³-hybridized carbons (Fsp3) is 0.143. The van der Waals surface area contributed by atoms with Gasteiger partial charge in [-0.05, 0) is 41.8 Å². The molecule has 1 N–H and O–H groups in total. The van der Waals surface area contributed by atoms with Crippen molar-refractivity contribution in [2.24, 2.45) is 0 Å². The molecule has 176 valence electrons. The third-order valence-electron chi connectivity index (χ3n) is 5.61. The molecule has 0 spiro atoms. The monoisotopic (exact) mass is 520 g/mol. The molecule has 4 rings (SSSR count). The Hall–Kier alpha value is -3.17. The van der Waals surface area contributed by atoms with Gasteiger partial charge in [-0.25, -0.2) is 4.79 Å². The van der Waals surface area contributed by atoms with Crippen molar-refractivity contribution < 1.29 is 9.53 Å². The Kier molecular flexibility index (Phi) is 8.20. The molecule has 1 aliphatic rings. The molecule has 1 heterocycles. The van der Waals surface area contributed by atoms with Gasteiger partial charge in [0.15, 0.2) is 0 Å². The molecule has 0 aromatic heterocycles. The smallest absolute Gasteiger partial charge is 0.337 e. The number of hydrogen-bond acceptors (Lipinski definition) is 5. The van der Waals surface area contributed by atoms with E-state index in [2.05, 4.69) is 11.4 Å². The summed E-state index contributed by atoms with van der Waals surface area (Å²) in [6.07, 6.45) is 0. The molecule has 4 nitrogen and oxygen atoms in total. The van der Waals surface area contributed by atoms with E-state index in [1.165, 1.54) is 11.8 Å². The number of nitrogens with one attached hydrogen (secondary N) is 1. The quantitative estimate of drug-likeness (QED) is 0.329. The molecule has 0 bridgehead atoms. The van der Waals surface area contributed by atoms with Gasteiger partial charge in [-0.1, -0.05) is 83.9 Å². The number of nitriles is 1. The van der Waals surface area contributed by atoms with Crippen molar-refractivity contribution in [1.82, 2.24) is 5.32 Å². The molecule has 0 unspecified atom stereocenters. The Morgan fingerprint density at radius 3 is 2.40 bits per heavy atom. The fourth-order valence-electron chi connectivity index (χ4n) is 3.85. The molecule has 0 amide bonds. The minimum Gasteiger partial charge on any atom is -0.457 e. The highest BCUT2D eigenvalue weighted by molar-refractivity contribution is 8.02. The third-order valence-corrected chi connectivity index (χ3v) is 7.30. The molecule has 0 aliphatic carbocycles. The van der Waals surface area contributed by atoms with Crippen LogP contribution in [0, 0.1) is 11.3 Å². The largest absolute Gasteiger partial charge is 0.457 e. The number of allylic oxidation sites excluding steroid dienone is 2. The molecule has 7 heteroatoms. The number of rotatable bonds is 7. The van der Waals surface area contributed by atoms with Gasteiger partial charge in [0.05, 0.1) is 28.2 Å². The molecular formula is C28H22Cl2N2O2S. The average molecular weight is 521 g/mol. The van der Waals surface area contributed by atoms with Crippen molar-refractivity contribution in [3.05, 3.63) is 127 Å². The molecule has 1 atom stereocenters. The predicted molar refractivity (Wildman–Crippen MR) is 142 cm³/mol. The van der Waals surface area contributed by atoms with Crippen molar-refractivity contribution in [2.45, 2.75) is 25.2 Å². The maximum atomic E-state index is 13.3. The minimum absolute atomic E-state index is 0.142. The van der Waals surface area contributed by atoms with Gasteiger partial charge in [-0.2, -0.15) is 5.26 Å². The number of carbonyl (C=O) groups excluding carboxylic acids is 1. The summed E-state index contributed by atoms with van der Waals surface area (Å²) in [4.78, 5) is 13.3. The summed E-state index contributed by atoms with van der Waals surface area (Å²) >= 11 is 13.9. The van der Waals surface area contributed by atoms with Crippen LogP contribution < -0.4 is 5.32 Å². The first-order chi connectivity index (χ1) is 17.0. The standard InChI is InChI=1S/C28H22Cl2N2O2S/c1-18-25(28(33)34-16-19-7-3-2-4-8-19)26(20-11-13-22(29)14-12-20)23(15-31)27(32-18)35-17-21-9-5-6-10-24(21)30/h2-14,26,32H,16-17H2,1H3/t26-/m0/s1. The molecule has 0 fully saturated rings. The lowest BCUT2D eigenvalue weighted by Crippen LogP contribution is -2.28. The van der Waals surface area contributed by atoms with Crippen molar-refractivity contribution in [2.75, 3.05) is 0 Å². The van der Waals surface area contributed by atoms with Crippen LogP contribution in [0.4, 0.5) is 0 Å². The SMILES string of the molecule is CC1=C(C(=O)OCc2ccccc2)[C@@H](c2ccc(Cl)cc2)C(C#N)=C(SCc2ccccc2Cl)N1. The number of ether oxygens (including phenoxy) is 1. The van der Waals surface area contributed by atoms with Crippen LogP contribution in [0.1, 0.15) is 29.5 Å². The van der Waals surface area contributed by atoms with Gasteiger partial charge < -0.3 is 10.1 Å². The zero-order valence-electron chi connectivity index (χ0n) is 18.9. The molecule has 3 aromatic rings. The van der Waals surface area contributed by atoms with Crippen LogP contribution in [-0.4, -0.2) is 5.97 Å². The molecule has 0 radical (unpaired) electrons. The second kappa shape index (κ2) is 11.5. The van der Waals surface area contributed by atoms with E-state index >= 15 is 0 Å². The Morgan fingerprint density at radius 1 is 1.03 bits per heavy atom. The third kappa shape index (κ3) is 5.91. The minimum atomic E-state index is -0.587. The van der Waals surface area contributed by atoms with Gasteiger partial charge in [-0.3, -0.25) is 0 Å². The highest BCUT2D eigenvalue weighted by atomic mass is 35.5. The van der Waals surface area contributed by atoms with Crippen LogP contribution in [-0.2, 0) is 21.9 Å². The summed E-state index contributed by atoms with van der Waals surface area (Å²) < 4.78 is 5.67. The van der Waals surface area contributed by atoms with E-state index in [1.807, 2.05) is 73.7 Å². The van der Waals surface area contributed by atoms with Crippen molar-refractivity contribution in [1.29, 1.82) is 5.26 Å². The normalized spacial score (nSPS) is 15.4. The maximum Gasteiger partial charge on any atom is 0.337 e. The summed E-state index contributed by atoms with van der Waals surface area (Å²) in [5.41, 5.74) is 4.13. The van der Waals surface area contributed by atoms with Crippen molar-refractivity contribution in [3.63, 3.8) is 0 Å². The van der Waals surface area contributed by atoms with Crippen molar-refractivity contribution in [3.8, 4) is 6.07 Å². The Morgan fingerprint density at radius 2 is 1.71 bits per heavy atom. The van der Waals surface area contributed by atoms with E-state index in [9.17, 15) is 10.1 Å². The maximum absolute atomic E-state index is 13.3. The lowest BCUT2D eigenvalue weighted by Gasteiger charge is -2.29. The van der Waals surface area contributed by atoms with Crippen LogP contribution in [0.5, 0.6) is 0 Å². The lowest BCUT2D eigenvalue weighted by atomic mass is 9.82. The molecule has 35 heavy (non-hydrogen) atoms. The number of carbonyl (C=O) groups is 1. The zero-order valence-corrected chi connectivity index (χ0v) is 21.3. The summed E-state index contributed by atoms with van der Waals surface area (Å²) in [5.74, 6) is -0.487. The number of hydrogen-bond donors (Lipinski definition) is 1. The lowest BCUT2D eigenvalue weighted by molar-refractivity contribution is -0.140. The van der Waals surface area contributed by atoms with Crippen LogP contribution in [0.3, 0.4) is 0 Å². The first-order valence-electron chi connectivity index (χ1n) is 10.9. The predicted octanol–water partition coefficient (Wildman–Crippen LogP) is 7.37. The zero-order chi connectivity index (χ0) is 24.8. The Bertz CT molecular complexity index is 1330. The van der Waals surface area contributed by atoms with Gasteiger partial charge in [-0.15, -0.1) is 11.8 Å².